The molecule has 7 nitrogen and oxygen atoms in total. The van der Waals surface area contributed by atoms with Gasteiger partial charge < -0.3 is 23.9 Å². The maximum atomic E-state index is 13.0. The highest BCUT2D eigenvalue weighted by Crippen LogP contribution is 2.38. The molecular formula is C27H22N2O5. The molecule has 0 unspecified atom stereocenters. The van der Waals surface area contributed by atoms with Gasteiger partial charge in [-0.3, -0.25) is 4.79 Å². The third-order valence-corrected chi connectivity index (χ3v) is 5.58. The van der Waals surface area contributed by atoms with Crippen molar-refractivity contribution in [2.75, 3.05) is 26.6 Å². The zero-order valence-corrected chi connectivity index (χ0v) is 18.9. The lowest BCUT2D eigenvalue weighted by molar-refractivity contribution is 0.102. The number of fused-ring (bicyclic) bond motifs is 3. The predicted octanol–water partition coefficient (Wildman–Crippen LogP) is 5.93. The number of anilines is 1. The zero-order valence-electron chi connectivity index (χ0n) is 18.9. The van der Waals surface area contributed by atoms with Gasteiger partial charge in [-0.2, -0.15) is 0 Å². The van der Waals surface area contributed by atoms with E-state index in [1.807, 2.05) is 54.6 Å². The highest BCUT2D eigenvalue weighted by atomic mass is 16.5. The minimum absolute atomic E-state index is 0.319. The van der Waals surface area contributed by atoms with Gasteiger partial charge in [0.05, 0.1) is 21.3 Å². The summed E-state index contributed by atoms with van der Waals surface area (Å²) in [6, 6.07) is 22.5. The fourth-order valence-electron chi connectivity index (χ4n) is 3.93. The Hall–Kier alpha value is -4.52. The van der Waals surface area contributed by atoms with Crippen molar-refractivity contribution in [2.45, 2.75) is 0 Å². The van der Waals surface area contributed by atoms with Crippen molar-refractivity contribution in [2.24, 2.45) is 0 Å². The summed E-state index contributed by atoms with van der Waals surface area (Å²) in [6.07, 6.45) is 0. The Morgan fingerprint density at radius 3 is 2.35 bits per heavy atom. The average Bonchev–Trinajstić information content (AvgIpc) is 3.33. The fraction of sp³-hybridized carbons (Fsp3) is 0.111. The largest absolute Gasteiger partial charge is 0.493 e. The molecule has 0 saturated heterocycles. The molecule has 0 saturated carbocycles. The minimum Gasteiger partial charge on any atom is -0.493 e. The molecule has 4 aromatic carbocycles. The van der Waals surface area contributed by atoms with Crippen LogP contribution in [0.3, 0.4) is 0 Å². The van der Waals surface area contributed by atoms with E-state index in [9.17, 15) is 4.79 Å². The van der Waals surface area contributed by atoms with Crippen molar-refractivity contribution in [3.05, 3.63) is 78.4 Å². The van der Waals surface area contributed by atoms with Crippen molar-refractivity contribution in [1.29, 1.82) is 0 Å². The van der Waals surface area contributed by atoms with Crippen molar-refractivity contribution in [3.8, 4) is 28.7 Å². The number of methoxy groups -OCH3 is 3. The number of benzene rings is 4. The molecule has 0 bridgehead atoms. The summed E-state index contributed by atoms with van der Waals surface area (Å²) in [5.74, 6) is 1.39. The monoisotopic (exact) mass is 454 g/mol. The third kappa shape index (κ3) is 3.77. The van der Waals surface area contributed by atoms with E-state index in [4.69, 9.17) is 23.6 Å². The van der Waals surface area contributed by atoms with Crippen LogP contribution >= 0.6 is 0 Å². The Bertz CT molecular complexity index is 1500. The Morgan fingerprint density at radius 1 is 0.853 bits per heavy atom. The molecule has 170 valence electrons. The summed E-state index contributed by atoms with van der Waals surface area (Å²) in [4.78, 5) is 17.7. The van der Waals surface area contributed by atoms with Gasteiger partial charge in [0.2, 0.25) is 11.6 Å². The molecule has 34 heavy (non-hydrogen) atoms. The van der Waals surface area contributed by atoms with Crippen LogP contribution in [0.25, 0.3) is 33.3 Å². The number of amides is 1. The molecule has 0 aliphatic heterocycles. The molecule has 1 N–H and O–H groups in total. The topological polar surface area (TPSA) is 82.8 Å². The second-order valence-corrected chi connectivity index (χ2v) is 7.60. The van der Waals surface area contributed by atoms with Crippen LogP contribution in [0.1, 0.15) is 10.4 Å². The van der Waals surface area contributed by atoms with E-state index in [2.05, 4.69) is 5.32 Å². The van der Waals surface area contributed by atoms with Gasteiger partial charge >= 0.3 is 0 Å². The molecule has 1 amide bonds. The van der Waals surface area contributed by atoms with E-state index in [1.165, 1.54) is 21.3 Å². The van der Waals surface area contributed by atoms with Crippen molar-refractivity contribution in [3.63, 3.8) is 0 Å². The first-order valence-electron chi connectivity index (χ1n) is 10.6. The Morgan fingerprint density at radius 2 is 1.62 bits per heavy atom. The lowest BCUT2D eigenvalue weighted by Gasteiger charge is -2.14. The lowest BCUT2D eigenvalue weighted by Crippen LogP contribution is -2.12. The van der Waals surface area contributed by atoms with E-state index in [-0.39, 0.29) is 5.91 Å². The van der Waals surface area contributed by atoms with Gasteiger partial charge in [0.1, 0.15) is 5.52 Å². The first-order valence-corrected chi connectivity index (χ1v) is 10.6. The number of oxazole rings is 1. The Balaban J connectivity index is 1.46. The molecule has 1 aromatic heterocycles. The van der Waals surface area contributed by atoms with E-state index < -0.39 is 0 Å². The number of carbonyl (C=O) groups excluding carboxylic acids is 1. The molecule has 5 rings (SSSR count). The molecular weight excluding hydrogens is 432 g/mol. The molecule has 7 heteroatoms. The SMILES string of the molecule is COc1cc(C(=O)Nc2cccc(-c3nc4c(ccc5ccccc54)o3)c2)cc(OC)c1OC. The van der Waals surface area contributed by atoms with Crippen LogP contribution in [0.5, 0.6) is 17.2 Å². The van der Waals surface area contributed by atoms with Crippen LogP contribution in [0, 0.1) is 0 Å². The van der Waals surface area contributed by atoms with E-state index >= 15 is 0 Å². The maximum absolute atomic E-state index is 13.0. The molecule has 0 aliphatic carbocycles. The van der Waals surface area contributed by atoms with Crippen LogP contribution < -0.4 is 19.5 Å². The van der Waals surface area contributed by atoms with E-state index in [0.29, 0.717) is 40.0 Å². The Labute approximate surface area is 195 Å². The summed E-state index contributed by atoms with van der Waals surface area (Å²) >= 11 is 0. The molecule has 1 heterocycles. The minimum atomic E-state index is -0.319. The van der Waals surface area contributed by atoms with Crippen LogP contribution in [-0.4, -0.2) is 32.2 Å². The van der Waals surface area contributed by atoms with Crippen molar-refractivity contribution < 1.29 is 23.4 Å². The van der Waals surface area contributed by atoms with E-state index in [1.54, 1.807) is 18.2 Å². The second-order valence-electron chi connectivity index (χ2n) is 7.60. The number of hydrogen-bond donors (Lipinski definition) is 1. The predicted molar refractivity (Wildman–Crippen MR) is 131 cm³/mol. The second kappa shape index (κ2) is 8.78. The number of nitrogens with one attached hydrogen (secondary N) is 1. The number of carbonyl (C=O) groups is 1. The van der Waals surface area contributed by atoms with Gasteiger partial charge in [-0.25, -0.2) is 4.98 Å². The number of hydrogen-bond acceptors (Lipinski definition) is 6. The van der Waals surface area contributed by atoms with Gasteiger partial charge in [0, 0.05) is 22.2 Å². The summed E-state index contributed by atoms with van der Waals surface area (Å²) < 4.78 is 22.1. The highest BCUT2D eigenvalue weighted by molar-refractivity contribution is 6.06. The average molecular weight is 454 g/mol. The normalized spacial score (nSPS) is 10.9. The quantitative estimate of drug-likeness (QED) is 0.343. The van der Waals surface area contributed by atoms with Crippen LogP contribution in [0.15, 0.2) is 77.2 Å². The molecule has 0 fully saturated rings. The summed E-state index contributed by atoms with van der Waals surface area (Å²) in [6.45, 7) is 0. The standard InChI is InChI=1S/C27H22N2O5/c1-31-22-14-18(15-23(32-2)25(22)33-3)26(30)28-19-9-6-8-17(13-19)27-29-24-20-10-5-4-7-16(20)11-12-21(24)34-27/h4-15H,1-3H3,(H,28,30). The molecule has 0 atom stereocenters. The van der Waals surface area contributed by atoms with E-state index in [0.717, 1.165) is 21.9 Å². The van der Waals surface area contributed by atoms with Crippen molar-refractivity contribution in [1.82, 2.24) is 4.98 Å². The van der Waals surface area contributed by atoms with Crippen molar-refractivity contribution >= 4 is 33.5 Å². The maximum Gasteiger partial charge on any atom is 0.255 e. The van der Waals surface area contributed by atoms with Gasteiger partial charge in [-0.05, 0) is 41.8 Å². The molecule has 0 radical (unpaired) electrons. The third-order valence-electron chi connectivity index (χ3n) is 5.58. The van der Waals surface area contributed by atoms with Gasteiger partial charge in [-0.1, -0.05) is 36.4 Å². The lowest BCUT2D eigenvalue weighted by atomic mass is 10.1. The summed E-state index contributed by atoms with van der Waals surface area (Å²) in [5, 5.41) is 5.04. The summed E-state index contributed by atoms with van der Waals surface area (Å²) in [5.41, 5.74) is 3.24. The van der Waals surface area contributed by atoms with Gasteiger partial charge in [0.25, 0.3) is 5.91 Å². The highest BCUT2D eigenvalue weighted by Gasteiger charge is 2.18. The smallest absolute Gasteiger partial charge is 0.255 e. The number of rotatable bonds is 6. The molecule has 5 aromatic rings. The van der Waals surface area contributed by atoms with Gasteiger partial charge in [-0.15, -0.1) is 0 Å². The van der Waals surface area contributed by atoms with Crippen LogP contribution in [0.4, 0.5) is 5.69 Å². The first-order chi connectivity index (χ1) is 16.6. The number of ether oxygens (including phenoxy) is 3. The summed E-state index contributed by atoms with van der Waals surface area (Å²) in [7, 11) is 4.53. The zero-order chi connectivity index (χ0) is 23.7. The number of nitrogens with zero attached hydrogens (tertiary/aromatic N) is 1. The number of aromatic nitrogens is 1. The fourth-order valence-corrected chi connectivity index (χ4v) is 3.93. The van der Waals surface area contributed by atoms with Gasteiger partial charge in [0.15, 0.2) is 17.1 Å². The Kier molecular flexibility index (Phi) is 5.51. The molecule has 0 aliphatic rings. The van der Waals surface area contributed by atoms with Crippen LogP contribution in [-0.2, 0) is 0 Å². The molecule has 0 spiro atoms. The van der Waals surface area contributed by atoms with Crippen LogP contribution in [0.2, 0.25) is 0 Å². The first kappa shape index (κ1) is 21.3.